The van der Waals surface area contributed by atoms with Gasteiger partial charge in [-0.15, -0.1) is 0 Å². The number of rotatable bonds is 12. The van der Waals surface area contributed by atoms with E-state index in [1.807, 2.05) is 30.3 Å². The molecule has 136 valence electrons. The van der Waals surface area contributed by atoms with Crippen LogP contribution in [-0.4, -0.2) is 13.7 Å². The minimum Gasteiger partial charge on any atom is -0.492 e. The third-order valence-corrected chi connectivity index (χ3v) is 4.52. The molecule has 0 aromatic heterocycles. The molecule has 0 atom stereocenters. The molecule has 0 amide bonds. The van der Waals surface area contributed by atoms with Gasteiger partial charge in [0.05, 0.1) is 13.7 Å². The second kappa shape index (κ2) is 11.6. The fraction of sp³-hybridized carbons (Fsp3) is 0.478. The lowest BCUT2D eigenvalue weighted by atomic mass is 10.0. The predicted molar refractivity (Wildman–Crippen MR) is 107 cm³/mol. The van der Waals surface area contributed by atoms with E-state index in [9.17, 15) is 0 Å². The van der Waals surface area contributed by atoms with Crippen molar-refractivity contribution >= 4 is 0 Å². The Bertz CT molecular complexity index is 592. The minimum atomic E-state index is 0.754. The van der Waals surface area contributed by atoms with Crippen molar-refractivity contribution in [1.29, 1.82) is 0 Å². The van der Waals surface area contributed by atoms with Crippen LogP contribution in [0.15, 0.2) is 48.5 Å². The van der Waals surface area contributed by atoms with Gasteiger partial charge in [-0.3, -0.25) is 0 Å². The van der Waals surface area contributed by atoms with Gasteiger partial charge in [0.1, 0.15) is 0 Å². The highest BCUT2D eigenvalue weighted by molar-refractivity contribution is 5.73. The summed E-state index contributed by atoms with van der Waals surface area (Å²) in [5, 5.41) is 0. The molecular weight excluding hydrogens is 308 g/mol. The van der Waals surface area contributed by atoms with Crippen molar-refractivity contribution in [3.63, 3.8) is 0 Å². The SMILES string of the molecule is CCCCCCCCCCOc1cccc(-c2ccccc2)c1OC. The van der Waals surface area contributed by atoms with Crippen LogP contribution in [0.1, 0.15) is 58.3 Å². The van der Waals surface area contributed by atoms with Crippen LogP contribution in [0.3, 0.4) is 0 Å². The highest BCUT2D eigenvalue weighted by Gasteiger charge is 2.11. The van der Waals surface area contributed by atoms with Gasteiger partial charge in [0.15, 0.2) is 11.5 Å². The molecule has 0 heterocycles. The molecule has 0 saturated heterocycles. The number of unbranched alkanes of at least 4 members (excludes halogenated alkanes) is 7. The number of methoxy groups -OCH3 is 1. The summed E-state index contributed by atoms with van der Waals surface area (Å²) in [6.07, 6.45) is 10.5. The maximum atomic E-state index is 6.01. The molecular formula is C23H32O2. The van der Waals surface area contributed by atoms with Crippen molar-refractivity contribution < 1.29 is 9.47 Å². The van der Waals surface area contributed by atoms with Gasteiger partial charge < -0.3 is 9.47 Å². The van der Waals surface area contributed by atoms with Crippen LogP contribution in [0.2, 0.25) is 0 Å². The fourth-order valence-electron chi connectivity index (χ4n) is 3.10. The van der Waals surface area contributed by atoms with Crippen molar-refractivity contribution in [3.8, 4) is 22.6 Å². The van der Waals surface area contributed by atoms with Crippen LogP contribution in [0.4, 0.5) is 0 Å². The standard InChI is InChI=1S/C23H32O2/c1-3-4-5-6-7-8-9-13-19-25-22-18-14-17-21(23(22)24-2)20-15-11-10-12-16-20/h10-12,14-18H,3-9,13,19H2,1-2H3. The summed E-state index contributed by atoms with van der Waals surface area (Å²) in [7, 11) is 1.71. The summed E-state index contributed by atoms with van der Waals surface area (Å²) < 4.78 is 11.6. The molecule has 0 aliphatic rings. The first-order valence-corrected chi connectivity index (χ1v) is 9.72. The normalized spacial score (nSPS) is 10.6. The van der Waals surface area contributed by atoms with E-state index in [1.54, 1.807) is 7.11 Å². The van der Waals surface area contributed by atoms with Crippen molar-refractivity contribution in [2.75, 3.05) is 13.7 Å². The Hall–Kier alpha value is -1.96. The van der Waals surface area contributed by atoms with Crippen molar-refractivity contribution in [1.82, 2.24) is 0 Å². The first-order chi connectivity index (χ1) is 12.4. The van der Waals surface area contributed by atoms with Crippen LogP contribution in [0.25, 0.3) is 11.1 Å². The lowest BCUT2D eigenvalue weighted by Gasteiger charge is -2.14. The second-order valence-corrected chi connectivity index (χ2v) is 6.53. The lowest BCUT2D eigenvalue weighted by Crippen LogP contribution is -2.00. The Morgan fingerprint density at radius 3 is 2.08 bits per heavy atom. The summed E-state index contributed by atoms with van der Waals surface area (Å²) in [6.45, 7) is 3.02. The number of ether oxygens (including phenoxy) is 2. The first-order valence-electron chi connectivity index (χ1n) is 9.72. The molecule has 0 saturated carbocycles. The van der Waals surface area contributed by atoms with Gasteiger partial charge in [0, 0.05) is 5.56 Å². The maximum absolute atomic E-state index is 6.01. The van der Waals surface area contributed by atoms with E-state index in [2.05, 4.69) is 25.1 Å². The zero-order chi connectivity index (χ0) is 17.7. The van der Waals surface area contributed by atoms with E-state index in [-0.39, 0.29) is 0 Å². The van der Waals surface area contributed by atoms with Gasteiger partial charge in [-0.25, -0.2) is 0 Å². The zero-order valence-corrected chi connectivity index (χ0v) is 15.8. The van der Waals surface area contributed by atoms with Crippen LogP contribution < -0.4 is 9.47 Å². The Labute approximate surface area is 153 Å². The van der Waals surface area contributed by atoms with E-state index < -0.39 is 0 Å². The molecule has 0 radical (unpaired) electrons. The molecule has 2 aromatic rings. The molecule has 0 N–H and O–H groups in total. The third-order valence-electron chi connectivity index (χ3n) is 4.52. The topological polar surface area (TPSA) is 18.5 Å². The minimum absolute atomic E-state index is 0.754. The average Bonchev–Trinajstić information content (AvgIpc) is 2.67. The number of benzene rings is 2. The molecule has 0 unspecified atom stereocenters. The van der Waals surface area contributed by atoms with Gasteiger partial charge in [0.25, 0.3) is 0 Å². The molecule has 2 aromatic carbocycles. The predicted octanol–water partition coefficient (Wildman–Crippen LogP) is 6.88. The third kappa shape index (κ3) is 6.45. The monoisotopic (exact) mass is 340 g/mol. The van der Waals surface area contributed by atoms with Crippen molar-refractivity contribution in [2.24, 2.45) is 0 Å². The Morgan fingerprint density at radius 1 is 0.720 bits per heavy atom. The van der Waals surface area contributed by atoms with E-state index in [4.69, 9.17) is 9.47 Å². The molecule has 0 bridgehead atoms. The van der Waals surface area contributed by atoms with Crippen molar-refractivity contribution in [2.45, 2.75) is 58.3 Å². The molecule has 0 fully saturated rings. The molecule has 0 spiro atoms. The van der Waals surface area contributed by atoms with Gasteiger partial charge in [0.2, 0.25) is 0 Å². The first kappa shape index (κ1) is 19.4. The number of hydrogen-bond acceptors (Lipinski definition) is 2. The van der Waals surface area contributed by atoms with E-state index >= 15 is 0 Å². The highest BCUT2D eigenvalue weighted by atomic mass is 16.5. The quantitative estimate of drug-likeness (QED) is 0.392. The molecule has 2 rings (SSSR count). The molecule has 2 nitrogen and oxygen atoms in total. The Kier molecular flexibility index (Phi) is 8.96. The van der Waals surface area contributed by atoms with Crippen LogP contribution in [-0.2, 0) is 0 Å². The molecule has 25 heavy (non-hydrogen) atoms. The molecule has 2 heteroatoms. The summed E-state index contributed by atoms with van der Waals surface area (Å²) in [5.74, 6) is 1.67. The summed E-state index contributed by atoms with van der Waals surface area (Å²) in [4.78, 5) is 0. The Balaban J connectivity index is 1.80. The van der Waals surface area contributed by atoms with E-state index in [0.717, 1.165) is 35.7 Å². The smallest absolute Gasteiger partial charge is 0.168 e. The largest absolute Gasteiger partial charge is 0.492 e. The van der Waals surface area contributed by atoms with E-state index in [1.165, 1.54) is 44.9 Å². The maximum Gasteiger partial charge on any atom is 0.168 e. The molecule has 0 aliphatic carbocycles. The summed E-state index contributed by atoms with van der Waals surface area (Å²) in [6, 6.07) is 16.4. The van der Waals surface area contributed by atoms with Gasteiger partial charge in [-0.05, 0) is 18.1 Å². The van der Waals surface area contributed by atoms with Gasteiger partial charge in [-0.1, -0.05) is 94.3 Å². The van der Waals surface area contributed by atoms with Crippen LogP contribution in [0, 0.1) is 0 Å². The fourth-order valence-corrected chi connectivity index (χ4v) is 3.10. The van der Waals surface area contributed by atoms with Gasteiger partial charge in [-0.2, -0.15) is 0 Å². The zero-order valence-electron chi connectivity index (χ0n) is 15.8. The summed E-state index contributed by atoms with van der Waals surface area (Å²) in [5.41, 5.74) is 2.23. The summed E-state index contributed by atoms with van der Waals surface area (Å²) >= 11 is 0. The Morgan fingerprint density at radius 2 is 1.40 bits per heavy atom. The number of para-hydroxylation sites is 1. The second-order valence-electron chi connectivity index (χ2n) is 6.53. The number of hydrogen-bond donors (Lipinski definition) is 0. The molecule has 0 aliphatic heterocycles. The lowest BCUT2D eigenvalue weighted by molar-refractivity contribution is 0.285. The van der Waals surface area contributed by atoms with Crippen molar-refractivity contribution in [3.05, 3.63) is 48.5 Å². The van der Waals surface area contributed by atoms with Crippen LogP contribution in [0.5, 0.6) is 11.5 Å². The van der Waals surface area contributed by atoms with Crippen LogP contribution >= 0.6 is 0 Å². The van der Waals surface area contributed by atoms with Gasteiger partial charge >= 0.3 is 0 Å². The van der Waals surface area contributed by atoms with E-state index in [0.29, 0.717) is 0 Å². The average molecular weight is 341 g/mol. The highest BCUT2D eigenvalue weighted by Crippen LogP contribution is 2.37.